The Kier molecular flexibility index (Phi) is 3.73. The fourth-order valence-corrected chi connectivity index (χ4v) is 2.08. The molecule has 1 aliphatic carbocycles. The second-order valence-corrected chi connectivity index (χ2v) is 5.29. The van der Waals surface area contributed by atoms with Crippen molar-refractivity contribution in [3.63, 3.8) is 0 Å². The molecule has 19 heavy (non-hydrogen) atoms. The van der Waals surface area contributed by atoms with Crippen molar-refractivity contribution in [2.45, 2.75) is 32.7 Å². The molecule has 104 valence electrons. The molecule has 2 amide bonds. The first-order valence-corrected chi connectivity index (χ1v) is 6.26. The van der Waals surface area contributed by atoms with Crippen LogP contribution in [0.4, 0.5) is 10.5 Å². The molecule has 2 rings (SSSR count). The highest BCUT2D eigenvalue weighted by Gasteiger charge is 2.31. The normalized spacial score (nSPS) is 16.5. The Hall–Kier alpha value is -2.05. The number of aromatic nitrogens is 2. The summed E-state index contributed by atoms with van der Waals surface area (Å²) in [5.74, 6) is -0.975. The number of carboxylic acid groups (broad SMARTS) is 1. The molecule has 0 radical (unpaired) electrons. The molecule has 0 aromatic carbocycles. The van der Waals surface area contributed by atoms with Crippen molar-refractivity contribution in [1.29, 1.82) is 0 Å². The van der Waals surface area contributed by atoms with Crippen LogP contribution in [0.5, 0.6) is 0 Å². The maximum absolute atomic E-state index is 11.7. The van der Waals surface area contributed by atoms with Gasteiger partial charge in [-0.1, -0.05) is 13.3 Å². The Morgan fingerprint density at radius 3 is 2.84 bits per heavy atom. The van der Waals surface area contributed by atoms with E-state index in [1.54, 1.807) is 0 Å². The summed E-state index contributed by atoms with van der Waals surface area (Å²) in [5.41, 5.74) is 0.711. The lowest BCUT2D eigenvalue weighted by Crippen LogP contribution is -2.41. The van der Waals surface area contributed by atoms with E-state index in [2.05, 4.69) is 22.7 Å². The lowest BCUT2D eigenvalue weighted by Gasteiger charge is -2.38. The van der Waals surface area contributed by atoms with Gasteiger partial charge in [0.25, 0.3) is 0 Å². The molecule has 7 nitrogen and oxygen atoms in total. The number of aliphatic carboxylic acids is 1. The van der Waals surface area contributed by atoms with Gasteiger partial charge in [0, 0.05) is 12.7 Å². The topological polar surface area (TPSA) is 96.3 Å². The summed E-state index contributed by atoms with van der Waals surface area (Å²) in [6.45, 7) is 2.59. The Bertz CT molecular complexity index is 479. The minimum absolute atomic E-state index is 0.221. The van der Waals surface area contributed by atoms with E-state index < -0.39 is 5.97 Å². The molecule has 3 N–H and O–H groups in total. The van der Waals surface area contributed by atoms with E-state index in [1.165, 1.54) is 23.5 Å². The van der Waals surface area contributed by atoms with Crippen molar-refractivity contribution in [1.82, 2.24) is 15.1 Å². The Balaban J connectivity index is 1.78. The first kappa shape index (κ1) is 13.4. The molecule has 1 aromatic heterocycles. The van der Waals surface area contributed by atoms with Crippen LogP contribution in [0.1, 0.15) is 26.2 Å². The number of amides is 2. The van der Waals surface area contributed by atoms with Crippen LogP contribution in [0.15, 0.2) is 12.4 Å². The summed E-state index contributed by atoms with van der Waals surface area (Å²) in [7, 11) is 0. The van der Waals surface area contributed by atoms with Gasteiger partial charge >= 0.3 is 12.0 Å². The fourth-order valence-electron chi connectivity index (χ4n) is 2.08. The van der Waals surface area contributed by atoms with Crippen LogP contribution >= 0.6 is 0 Å². The van der Waals surface area contributed by atoms with Crippen molar-refractivity contribution < 1.29 is 14.7 Å². The summed E-state index contributed by atoms with van der Waals surface area (Å²) >= 11 is 0. The number of urea groups is 1. The standard InChI is InChI=1S/C12H18N4O3/c1-12(3-2-4-12)8-13-11(19)15-9-5-14-16(6-9)7-10(17)18/h5-6H,2-4,7-8H2,1H3,(H,17,18)(H2,13,15,19). The lowest BCUT2D eigenvalue weighted by molar-refractivity contribution is -0.137. The SMILES string of the molecule is CC1(CNC(=O)Nc2cnn(CC(=O)O)c2)CCC1. The van der Waals surface area contributed by atoms with Gasteiger partial charge in [-0.3, -0.25) is 9.48 Å². The maximum Gasteiger partial charge on any atom is 0.325 e. The largest absolute Gasteiger partial charge is 0.480 e. The Morgan fingerprint density at radius 2 is 2.26 bits per heavy atom. The highest BCUT2D eigenvalue weighted by atomic mass is 16.4. The number of carbonyl (C=O) groups is 2. The molecule has 1 heterocycles. The summed E-state index contributed by atoms with van der Waals surface area (Å²) in [6, 6.07) is -0.289. The number of anilines is 1. The van der Waals surface area contributed by atoms with Gasteiger partial charge in [0.05, 0.1) is 11.9 Å². The van der Waals surface area contributed by atoms with Crippen LogP contribution in [0.2, 0.25) is 0 Å². The van der Waals surface area contributed by atoms with E-state index in [0.717, 1.165) is 12.8 Å². The van der Waals surface area contributed by atoms with Gasteiger partial charge in [-0.2, -0.15) is 5.10 Å². The van der Waals surface area contributed by atoms with Crippen LogP contribution in [0.25, 0.3) is 0 Å². The lowest BCUT2D eigenvalue weighted by atomic mass is 9.70. The minimum Gasteiger partial charge on any atom is -0.480 e. The number of nitrogens with one attached hydrogen (secondary N) is 2. The number of hydrogen-bond acceptors (Lipinski definition) is 3. The van der Waals surface area contributed by atoms with Crippen molar-refractivity contribution in [3.8, 4) is 0 Å². The molecule has 1 fully saturated rings. The number of carboxylic acids is 1. The Morgan fingerprint density at radius 1 is 1.53 bits per heavy atom. The fraction of sp³-hybridized carbons (Fsp3) is 0.583. The second-order valence-electron chi connectivity index (χ2n) is 5.29. The highest BCUT2D eigenvalue weighted by Crippen LogP contribution is 2.39. The van der Waals surface area contributed by atoms with Crippen molar-refractivity contribution in [3.05, 3.63) is 12.4 Å². The van der Waals surface area contributed by atoms with Gasteiger partial charge in [-0.05, 0) is 18.3 Å². The van der Waals surface area contributed by atoms with E-state index >= 15 is 0 Å². The molecule has 0 spiro atoms. The van der Waals surface area contributed by atoms with Crippen LogP contribution in [0.3, 0.4) is 0 Å². The van der Waals surface area contributed by atoms with Crippen molar-refractivity contribution >= 4 is 17.7 Å². The van der Waals surface area contributed by atoms with Crippen LogP contribution in [-0.2, 0) is 11.3 Å². The van der Waals surface area contributed by atoms with Gasteiger partial charge in [-0.25, -0.2) is 4.79 Å². The minimum atomic E-state index is -0.975. The molecular weight excluding hydrogens is 248 g/mol. The molecule has 1 aromatic rings. The zero-order valence-electron chi connectivity index (χ0n) is 10.8. The average molecular weight is 266 g/mol. The maximum atomic E-state index is 11.7. The summed E-state index contributed by atoms with van der Waals surface area (Å²) in [5, 5.41) is 17.9. The predicted molar refractivity (Wildman–Crippen MR) is 68.8 cm³/mol. The first-order chi connectivity index (χ1) is 8.97. The molecule has 1 aliphatic rings. The van der Waals surface area contributed by atoms with Crippen LogP contribution in [-0.4, -0.2) is 33.4 Å². The summed E-state index contributed by atoms with van der Waals surface area (Å²) in [4.78, 5) is 22.1. The molecule has 0 unspecified atom stereocenters. The predicted octanol–water partition coefficient (Wildman–Crippen LogP) is 1.28. The second kappa shape index (κ2) is 5.29. The third kappa shape index (κ3) is 3.70. The molecular formula is C12H18N4O3. The van der Waals surface area contributed by atoms with Gasteiger partial charge in [0.1, 0.15) is 6.54 Å². The quantitative estimate of drug-likeness (QED) is 0.748. The van der Waals surface area contributed by atoms with Crippen molar-refractivity contribution in [2.75, 3.05) is 11.9 Å². The molecule has 0 saturated heterocycles. The molecule has 7 heteroatoms. The zero-order valence-corrected chi connectivity index (χ0v) is 10.8. The van der Waals surface area contributed by atoms with Crippen LogP contribution < -0.4 is 10.6 Å². The van der Waals surface area contributed by atoms with Gasteiger partial charge in [0.2, 0.25) is 0 Å². The highest BCUT2D eigenvalue weighted by molar-refractivity contribution is 5.88. The van der Waals surface area contributed by atoms with Crippen LogP contribution in [0, 0.1) is 5.41 Å². The van der Waals surface area contributed by atoms with E-state index in [1.807, 2.05) is 0 Å². The van der Waals surface area contributed by atoms with Crippen molar-refractivity contribution in [2.24, 2.45) is 5.41 Å². The number of nitrogens with zero attached hydrogens (tertiary/aromatic N) is 2. The molecule has 0 aliphatic heterocycles. The van der Waals surface area contributed by atoms with E-state index in [0.29, 0.717) is 12.2 Å². The number of rotatable bonds is 5. The number of hydrogen-bond donors (Lipinski definition) is 3. The van der Waals surface area contributed by atoms with E-state index in [4.69, 9.17) is 5.11 Å². The number of carbonyl (C=O) groups excluding carboxylic acids is 1. The molecule has 0 atom stereocenters. The Labute approximate surface area is 111 Å². The first-order valence-electron chi connectivity index (χ1n) is 6.26. The molecule has 1 saturated carbocycles. The third-order valence-electron chi connectivity index (χ3n) is 3.42. The smallest absolute Gasteiger partial charge is 0.325 e. The summed E-state index contributed by atoms with van der Waals surface area (Å²) in [6.07, 6.45) is 6.42. The third-order valence-corrected chi connectivity index (χ3v) is 3.42. The van der Waals surface area contributed by atoms with Gasteiger partial charge in [0.15, 0.2) is 0 Å². The van der Waals surface area contributed by atoms with E-state index in [9.17, 15) is 9.59 Å². The summed E-state index contributed by atoms with van der Waals surface area (Å²) < 4.78 is 1.26. The average Bonchev–Trinajstić information content (AvgIpc) is 2.70. The monoisotopic (exact) mass is 266 g/mol. The zero-order chi connectivity index (χ0) is 13.9. The van der Waals surface area contributed by atoms with E-state index in [-0.39, 0.29) is 18.0 Å². The van der Waals surface area contributed by atoms with Gasteiger partial charge in [-0.15, -0.1) is 0 Å². The van der Waals surface area contributed by atoms with Gasteiger partial charge < -0.3 is 15.7 Å². The molecule has 0 bridgehead atoms.